The minimum absolute atomic E-state index is 0.0139. The minimum Gasteiger partial charge on any atom is -0.475 e. The molecule has 11 heteroatoms. The normalized spacial score (nSPS) is 16.5. The Morgan fingerprint density at radius 2 is 2.06 bits per heavy atom. The quantitative estimate of drug-likeness (QED) is 0.523. The number of ether oxygens (including phenoxy) is 1. The zero-order chi connectivity index (χ0) is 24.3. The van der Waals surface area contributed by atoms with Crippen LogP contribution in [0.3, 0.4) is 0 Å². The molecule has 0 bridgehead atoms. The van der Waals surface area contributed by atoms with Crippen molar-refractivity contribution in [2.45, 2.75) is 44.7 Å². The molecule has 4 rings (SSSR count). The molecular weight excluding hydrogens is 456 g/mol. The molecule has 1 amide bonds. The van der Waals surface area contributed by atoms with E-state index in [1.165, 1.54) is 12.3 Å². The molecule has 1 aliphatic heterocycles. The number of sulfonamides is 1. The first-order chi connectivity index (χ1) is 16.2. The van der Waals surface area contributed by atoms with Crippen LogP contribution in [0, 0.1) is 5.92 Å². The smallest absolute Gasteiger partial charge is 0.281 e. The highest BCUT2D eigenvalue weighted by Crippen LogP contribution is 2.29. The van der Waals surface area contributed by atoms with E-state index in [2.05, 4.69) is 26.8 Å². The van der Waals surface area contributed by atoms with Crippen LogP contribution in [-0.4, -0.2) is 53.7 Å². The molecule has 2 N–H and O–H groups in total. The van der Waals surface area contributed by atoms with Gasteiger partial charge in [-0.3, -0.25) is 9.89 Å². The van der Waals surface area contributed by atoms with Crippen LogP contribution in [0.15, 0.2) is 47.8 Å². The number of anilines is 1. The lowest BCUT2D eigenvalue weighted by molar-refractivity contribution is 0.0981. The summed E-state index contributed by atoms with van der Waals surface area (Å²) in [5, 5.41) is 5.83. The largest absolute Gasteiger partial charge is 0.475 e. The molecule has 180 valence electrons. The van der Waals surface area contributed by atoms with Gasteiger partial charge >= 0.3 is 0 Å². The van der Waals surface area contributed by atoms with Crippen molar-refractivity contribution in [1.82, 2.24) is 24.9 Å². The van der Waals surface area contributed by atoms with Crippen LogP contribution in [-0.2, 0) is 10.0 Å². The van der Waals surface area contributed by atoms with Gasteiger partial charge in [-0.1, -0.05) is 6.92 Å². The van der Waals surface area contributed by atoms with Gasteiger partial charge in [-0.25, -0.2) is 14.7 Å². The summed E-state index contributed by atoms with van der Waals surface area (Å²) in [5.41, 5.74) is 1.58. The van der Waals surface area contributed by atoms with Crippen LogP contribution in [0.2, 0.25) is 0 Å². The molecule has 10 nitrogen and oxygen atoms in total. The Morgan fingerprint density at radius 1 is 1.24 bits per heavy atom. The number of amides is 1. The molecule has 0 aliphatic carbocycles. The summed E-state index contributed by atoms with van der Waals surface area (Å²) in [6.07, 6.45) is 5.04. The molecule has 0 aromatic carbocycles. The summed E-state index contributed by atoms with van der Waals surface area (Å²) in [6.45, 7) is 7.46. The average molecular weight is 485 g/mol. The molecule has 3 aromatic rings. The van der Waals surface area contributed by atoms with Gasteiger partial charge in [0.05, 0.1) is 23.6 Å². The Bertz CT molecular complexity index is 1240. The highest BCUT2D eigenvalue weighted by atomic mass is 32.2. The van der Waals surface area contributed by atoms with Gasteiger partial charge in [0.25, 0.3) is 15.9 Å². The van der Waals surface area contributed by atoms with Crippen molar-refractivity contribution < 1.29 is 17.9 Å². The van der Waals surface area contributed by atoms with E-state index in [0.717, 1.165) is 31.5 Å². The van der Waals surface area contributed by atoms with Crippen molar-refractivity contribution in [3.63, 3.8) is 0 Å². The van der Waals surface area contributed by atoms with Crippen molar-refractivity contribution in [2.75, 3.05) is 18.0 Å². The van der Waals surface area contributed by atoms with Crippen molar-refractivity contribution in [3.8, 4) is 17.1 Å². The molecule has 34 heavy (non-hydrogen) atoms. The molecule has 1 aliphatic rings. The van der Waals surface area contributed by atoms with E-state index in [1.807, 2.05) is 24.8 Å². The predicted molar refractivity (Wildman–Crippen MR) is 127 cm³/mol. The Kier molecular flexibility index (Phi) is 6.82. The lowest BCUT2D eigenvalue weighted by atomic mass is 9.99. The monoisotopic (exact) mass is 484 g/mol. The summed E-state index contributed by atoms with van der Waals surface area (Å²) in [6, 6.07) is 8.21. The predicted octanol–water partition coefficient (Wildman–Crippen LogP) is 3.01. The van der Waals surface area contributed by atoms with Crippen molar-refractivity contribution >= 4 is 21.7 Å². The highest BCUT2D eigenvalue weighted by molar-refractivity contribution is 7.90. The summed E-state index contributed by atoms with van der Waals surface area (Å²) in [7, 11) is -4.09. The van der Waals surface area contributed by atoms with Gasteiger partial charge in [0, 0.05) is 30.9 Å². The fourth-order valence-corrected chi connectivity index (χ4v) is 4.75. The number of rotatable bonds is 7. The average Bonchev–Trinajstić information content (AvgIpc) is 3.35. The number of carbonyl (C=O) groups excluding carboxylic acids is 1. The maximum Gasteiger partial charge on any atom is 0.281 e. The number of pyridine rings is 2. The summed E-state index contributed by atoms with van der Waals surface area (Å²) >= 11 is 0. The molecule has 1 atom stereocenters. The van der Waals surface area contributed by atoms with Gasteiger partial charge in [0.15, 0.2) is 5.03 Å². The first kappa shape index (κ1) is 23.7. The lowest BCUT2D eigenvalue weighted by Crippen LogP contribution is -2.38. The summed E-state index contributed by atoms with van der Waals surface area (Å²) in [5.74, 6) is 0.645. The second kappa shape index (κ2) is 9.80. The molecule has 0 radical (unpaired) electrons. The van der Waals surface area contributed by atoms with E-state index in [9.17, 15) is 13.2 Å². The topological polar surface area (TPSA) is 130 Å². The third kappa shape index (κ3) is 5.36. The number of aromatic amines is 1. The third-order valence-corrected chi connectivity index (χ3v) is 6.72. The van der Waals surface area contributed by atoms with Gasteiger partial charge in [0.1, 0.15) is 5.82 Å². The zero-order valence-corrected chi connectivity index (χ0v) is 20.2. The molecule has 4 heterocycles. The number of nitrogens with one attached hydrogen (secondary N) is 2. The molecular formula is C23H28N6O4S. The maximum absolute atomic E-state index is 13.1. The van der Waals surface area contributed by atoms with Gasteiger partial charge in [0.2, 0.25) is 5.88 Å². The molecule has 0 spiro atoms. The van der Waals surface area contributed by atoms with Crippen LogP contribution >= 0.6 is 0 Å². The van der Waals surface area contributed by atoms with Gasteiger partial charge in [-0.2, -0.15) is 13.5 Å². The van der Waals surface area contributed by atoms with Crippen molar-refractivity contribution in [3.05, 3.63) is 48.3 Å². The van der Waals surface area contributed by atoms with Gasteiger partial charge in [-0.15, -0.1) is 0 Å². The molecule has 1 fully saturated rings. The fraction of sp³-hybridized carbons (Fsp3) is 0.391. The second-order valence-corrected chi connectivity index (χ2v) is 10.3. The number of piperidine rings is 1. The fourth-order valence-electron chi connectivity index (χ4n) is 3.88. The molecule has 1 saturated heterocycles. The van der Waals surface area contributed by atoms with E-state index in [1.54, 1.807) is 24.4 Å². The number of nitrogens with zero attached hydrogens (tertiary/aromatic N) is 4. The highest BCUT2D eigenvalue weighted by Gasteiger charge is 2.27. The Hall–Kier alpha value is -3.47. The number of hydrogen-bond donors (Lipinski definition) is 2. The minimum atomic E-state index is -4.09. The van der Waals surface area contributed by atoms with Crippen LogP contribution in [0.5, 0.6) is 5.88 Å². The van der Waals surface area contributed by atoms with E-state index in [0.29, 0.717) is 23.3 Å². The standard InChI is InChI=1S/C23H28N6O4S/c1-15(2)33-20-9-6-17(13-24-20)19-8-7-18(22(26-19)29-12-4-5-16(3)14-29)23(30)28-34(31,32)21-10-11-25-27-21/h6-11,13,15-16H,4-5,12,14H2,1-3H3,(H,25,27)(H,28,30)/t16-/m1/s1. The molecule has 0 unspecified atom stereocenters. The summed E-state index contributed by atoms with van der Waals surface area (Å²) < 4.78 is 32.8. The van der Waals surface area contributed by atoms with Crippen LogP contribution < -0.4 is 14.4 Å². The van der Waals surface area contributed by atoms with Crippen molar-refractivity contribution in [2.24, 2.45) is 5.92 Å². The van der Waals surface area contributed by atoms with Crippen molar-refractivity contribution in [1.29, 1.82) is 0 Å². The Labute approximate surface area is 198 Å². The van der Waals surface area contributed by atoms with E-state index in [-0.39, 0.29) is 16.7 Å². The number of carbonyl (C=O) groups is 1. The zero-order valence-electron chi connectivity index (χ0n) is 19.4. The SMILES string of the molecule is CC(C)Oc1ccc(-c2ccc(C(=O)NS(=O)(=O)c3ccn[nH]3)c(N3CCC[C@@H](C)C3)n2)cn1. The van der Waals surface area contributed by atoms with Crippen LogP contribution in [0.1, 0.15) is 44.0 Å². The van der Waals surface area contributed by atoms with E-state index < -0.39 is 15.9 Å². The van der Waals surface area contributed by atoms with Gasteiger partial charge < -0.3 is 9.64 Å². The lowest BCUT2D eigenvalue weighted by Gasteiger charge is -2.33. The molecule has 0 saturated carbocycles. The first-order valence-corrected chi connectivity index (χ1v) is 12.7. The second-order valence-electron chi connectivity index (χ2n) is 8.67. The van der Waals surface area contributed by atoms with Crippen LogP contribution in [0.25, 0.3) is 11.3 Å². The number of H-pyrrole nitrogens is 1. The van der Waals surface area contributed by atoms with Crippen LogP contribution in [0.4, 0.5) is 5.82 Å². The number of aromatic nitrogens is 4. The van der Waals surface area contributed by atoms with E-state index in [4.69, 9.17) is 9.72 Å². The third-order valence-electron chi connectivity index (χ3n) is 5.46. The number of hydrogen-bond acceptors (Lipinski definition) is 8. The molecule has 3 aromatic heterocycles. The Balaban J connectivity index is 1.68. The van der Waals surface area contributed by atoms with Gasteiger partial charge in [-0.05, 0) is 56.9 Å². The van der Waals surface area contributed by atoms with E-state index >= 15 is 0 Å². The summed E-state index contributed by atoms with van der Waals surface area (Å²) in [4.78, 5) is 24.2. The Morgan fingerprint density at radius 3 is 2.71 bits per heavy atom. The first-order valence-electron chi connectivity index (χ1n) is 11.2. The maximum atomic E-state index is 13.1.